The van der Waals surface area contributed by atoms with E-state index in [1.165, 1.54) is 19.2 Å². The average molecular weight is 230 g/mol. The van der Waals surface area contributed by atoms with Crippen LogP contribution in [-0.2, 0) is 10.0 Å². The molecule has 0 saturated heterocycles. The number of benzene rings is 1. The third-order valence-corrected chi connectivity index (χ3v) is 3.38. The highest BCUT2D eigenvalue weighted by atomic mass is 32.2. The lowest BCUT2D eigenvalue weighted by atomic mass is 10.2. The summed E-state index contributed by atoms with van der Waals surface area (Å²) in [6, 6.07) is 6.07. The Morgan fingerprint density at radius 3 is 2.21 bits per heavy atom. The molecule has 6 heteroatoms. The third kappa shape index (κ3) is 2.28. The van der Waals surface area contributed by atoms with E-state index in [1.807, 2.05) is 0 Å². The van der Waals surface area contributed by atoms with Gasteiger partial charge < -0.3 is 5.73 Å². The van der Waals surface area contributed by atoms with Gasteiger partial charge in [0, 0.05) is 5.56 Å². The first kappa shape index (κ1) is 11.1. The van der Waals surface area contributed by atoms with Crippen molar-refractivity contribution in [3.63, 3.8) is 0 Å². The largest absolute Gasteiger partial charge is 0.389 e. The normalized spacial score (nSPS) is 11.2. The van der Waals surface area contributed by atoms with Crippen LogP contribution in [0.25, 0.3) is 0 Å². The molecule has 0 amide bonds. The summed E-state index contributed by atoms with van der Waals surface area (Å²) in [6.07, 6.45) is 0. The molecule has 0 aliphatic heterocycles. The van der Waals surface area contributed by atoms with Gasteiger partial charge in [0.25, 0.3) is 0 Å². The van der Waals surface area contributed by atoms with Crippen molar-refractivity contribution in [2.24, 2.45) is 5.73 Å². The van der Waals surface area contributed by atoms with Crippen LogP contribution in [0.4, 0.5) is 0 Å². The number of hydrogen-bond donors (Lipinski definition) is 2. The van der Waals surface area contributed by atoms with Gasteiger partial charge in [0.15, 0.2) is 0 Å². The molecule has 76 valence electrons. The molecule has 0 aliphatic carbocycles. The van der Waals surface area contributed by atoms with Crippen LogP contribution in [0.3, 0.4) is 0 Å². The van der Waals surface area contributed by atoms with Crippen molar-refractivity contribution in [2.75, 3.05) is 7.05 Å². The van der Waals surface area contributed by atoms with Crippen LogP contribution < -0.4 is 10.5 Å². The Balaban J connectivity index is 3.12. The van der Waals surface area contributed by atoms with Gasteiger partial charge in [0.2, 0.25) is 10.0 Å². The van der Waals surface area contributed by atoms with Gasteiger partial charge in [-0.05, 0) is 19.2 Å². The number of nitrogens with one attached hydrogen (secondary N) is 1. The van der Waals surface area contributed by atoms with E-state index in [1.54, 1.807) is 12.1 Å². The Morgan fingerprint density at radius 1 is 1.36 bits per heavy atom. The quantitative estimate of drug-likeness (QED) is 0.729. The van der Waals surface area contributed by atoms with Gasteiger partial charge in [-0.3, -0.25) is 0 Å². The van der Waals surface area contributed by atoms with E-state index < -0.39 is 10.0 Å². The summed E-state index contributed by atoms with van der Waals surface area (Å²) in [5, 5.41) is 0. The predicted octanol–water partition coefficient (Wildman–Crippen LogP) is 0.229. The number of thiocarbonyl (C=S) groups is 1. The molecular weight excluding hydrogens is 220 g/mol. The highest BCUT2D eigenvalue weighted by molar-refractivity contribution is 7.89. The first-order valence-corrected chi connectivity index (χ1v) is 5.70. The van der Waals surface area contributed by atoms with E-state index in [-0.39, 0.29) is 9.88 Å². The lowest BCUT2D eigenvalue weighted by Crippen LogP contribution is -2.18. The minimum absolute atomic E-state index is 0.194. The minimum atomic E-state index is -3.37. The summed E-state index contributed by atoms with van der Waals surface area (Å²) in [5.41, 5.74) is 6.02. The maximum Gasteiger partial charge on any atom is 0.240 e. The molecule has 0 aromatic heterocycles. The van der Waals surface area contributed by atoms with E-state index in [0.29, 0.717) is 5.56 Å². The summed E-state index contributed by atoms with van der Waals surface area (Å²) >= 11 is 4.74. The van der Waals surface area contributed by atoms with Crippen molar-refractivity contribution in [3.8, 4) is 0 Å². The summed E-state index contributed by atoms with van der Waals surface area (Å²) < 4.78 is 24.8. The lowest BCUT2D eigenvalue weighted by molar-refractivity contribution is 0.588. The van der Waals surface area contributed by atoms with Gasteiger partial charge in [-0.1, -0.05) is 24.4 Å². The summed E-state index contributed by atoms with van der Waals surface area (Å²) in [6.45, 7) is 0. The summed E-state index contributed by atoms with van der Waals surface area (Å²) in [5.74, 6) is 0. The second kappa shape index (κ2) is 4.04. The van der Waals surface area contributed by atoms with E-state index in [9.17, 15) is 8.42 Å². The number of rotatable bonds is 3. The molecule has 0 aliphatic rings. The molecule has 3 N–H and O–H groups in total. The molecule has 0 unspecified atom stereocenters. The van der Waals surface area contributed by atoms with Gasteiger partial charge in [0.1, 0.15) is 4.99 Å². The molecule has 0 bridgehead atoms. The molecule has 14 heavy (non-hydrogen) atoms. The topological polar surface area (TPSA) is 72.2 Å². The molecule has 1 aromatic rings. The molecule has 4 nitrogen and oxygen atoms in total. The van der Waals surface area contributed by atoms with Crippen LogP contribution in [0.5, 0.6) is 0 Å². The Morgan fingerprint density at radius 2 is 1.86 bits per heavy atom. The maximum atomic E-state index is 11.3. The molecule has 1 rings (SSSR count). The van der Waals surface area contributed by atoms with Gasteiger partial charge in [-0.2, -0.15) is 0 Å². The van der Waals surface area contributed by atoms with E-state index in [4.69, 9.17) is 18.0 Å². The first-order chi connectivity index (χ1) is 6.47. The van der Waals surface area contributed by atoms with Crippen LogP contribution in [0.2, 0.25) is 0 Å². The number of sulfonamides is 1. The number of nitrogens with two attached hydrogens (primary N) is 1. The SMILES string of the molecule is CNS(=O)(=O)c1ccc(C(N)=S)cc1. The predicted molar refractivity (Wildman–Crippen MR) is 58.6 cm³/mol. The van der Waals surface area contributed by atoms with Crippen LogP contribution in [0, 0.1) is 0 Å². The highest BCUT2D eigenvalue weighted by Gasteiger charge is 2.10. The van der Waals surface area contributed by atoms with Crippen LogP contribution >= 0.6 is 12.2 Å². The molecule has 0 spiro atoms. The van der Waals surface area contributed by atoms with Crippen molar-refractivity contribution in [1.29, 1.82) is 0 Å². The van der Waals surface area contributed by atoms with Crippen molar-refractivity contribution < 1.29 is 8.42 Å². The van der Waals surface area contributed by atoms with Gasteiger partial charge >= 0.3 is 0 Å². The average Bonchev–Trinajstić information content (AvgIpc) is 2.18. The second-order valence-electron chi connectivity index (χ2n) is 2.60. The fourth-order valence-corrected chi connectivity index (χ4v) is 1.78. The Labute approximate surface area is 88.2 Å². The fourth-order valence-electron chi connectivity index (χ4n) is 0.916. The molecular formula is C8H10N2O2S2. The van der Waals surface area contributed by atoms with Gasteiger partial charge in [-0.25, -0.2) is 13.1 Å². The van der Waals surface area contributed by atoms with E-state index >= 15 is 0 Å². The Bertz CT molecular complexity index is 437. The van der Waals surface area contributed by atoms with Crippen molar-refractivity contribution in [3.05, 3.63) is 29.8 Å². The molecule has 1 aromatic carbocycles. The standard InChI is InChI=1S/C8H10N2O2S2/c1-10-14(11,12)7-4-2-6(3-5-7)8(9)13/h2-5,10H,1H3,(H2,9,13). The van der Waals surface area contributed by atoms with Gasteiger partial charge in [0.05, 0.1) is 4.90 Å². The molecule has 0 fully saturated rings. The smallest absolute Gasteiger partial charge is 0.240 e. The zero-order chi connectivity index (χ0) is 10.8. The Hall–Kier alpha value is -0.980. The molecule has 0 saturated carbocycles. The van der Waals surface area contributed by atoms with Crippen molar-refractivity contribution in [1.82, 2.24) is 4.72 Å². The third-order valence-electron chi connectivity index (χ3n) is 1.72. The zero-order valence-corrected chi connectivity index (χ0v) is 9.15. The number of hydrogen-bond acceptors (Lipinski definition) is 3. The molecule has 0 heterocycles. The van der Waals surface area contributed by atoms with Crippen molar-refractivity contribution in [2.45, 2.75) is 4.90 Å². The van der Waals surface area contributed by atoms with Crippen LogP contribution in [-0.4, -0.2) is 20.5 Å². The highest BCUT2D eigenvalue weighted by Crippen LogP contribution is 2.09. The van der Waals surface area contributed by atoms with Crippen LogP contribution in [0.15, 0.2) is 29.2 Å². The summed E-state index contributed by atoms with van der Waals surface area (Å²) in [7, 11) is -2.02. The maximum absolute atomic E-state index is 11.3. The molecule has 0 radical (unpaired) electrons. The molecule has 0 atom stereocenters. The monoisotopic (exact) mass is 230 g/mol. The first-order valence-electron chi connectivity index (χ1n) is 3.81. The Kier molecular flexibility index (Phi) is 3.20. The van der Waals surface area contributed by atoms with Gasteiger partial charge in [-0.15, -0.1) is 0 Å². The minimum Gasteiger partial charge on any atom is -0.389 e. The fraction of sp³-hybridized carbons (Fsp3) is 0.125. The van der Waals surface area contributed by atoms with E-state index in [0.717, 1.165) is 0 Å². The second-order valence-corrected chi connectivity index (χ2v) is 4.92. The lowest BCUT2D eigenvalue weighted by Gasteiger charge is -2.03. The zero-order valence-electron chi connectivity index (χ0n) is 7.52. The van der Waals surface area contributed by atoms with E-state index in [2.05, 4.69) is 4.72 Å². The van der Waals surface area contributed by atoms with Crippen molar-refractivity contribution >= 4 is 27.2 Å². The summed E-state index contributed by atoms with van der Waals surface area (Å²) in [4.78, 5) is 0.443. The van der Waals surface area contributed by atoms with Crippen LogP contribution in [0.1, 0.15) is 5.56 Å².